The van der Waals surface area contributed by atoms with Crippen molar-refractivity contribution < 1.29 is 22.8 Å². The highest BCUT2D eigenvalue weighted by molar-refractivity contribution is 6.21. The summed E-state index contributed by atoms with van der Waals surface area (Å²) < 4.78 is 38.6. The third-order valence-electron chi connectivity index (χ3n) is 5.69. The van der Waals surface area contributed by atoms with Crippen LogP contribution < -0.4 is 0 Å². The normalized spacial score (nSPS) is 22.0. The maximum absolute atomic E-state index is 12.9. The summed E-state index contributed by atoms with van der Waals surface area (Å²) in [7, 11) is 0. The van der Waals surface area contributed by atoms with Gasteiger partial charge in [0.1, 0.15) is 0 Å². The lowest BCUT2D eigenvalue weighted by Crippen LogP contribution is -2.42. The van der Waals surface area contributed by atoms with Gasteiger partial charge in [-0.25, -0.2) is 0 Å². The van der Waals surface area contributed by atoms with E-state index in [0.717, 1.165) is 31.4 Å². The van der Waals surface area contributed by atoms with Gasteiger partial charge in [0, 0.05) is 17.9 Å². The molecule has 1 aromatic heterocycles. The van der Waals surface area contributed by atoms with Gasteiger partial charge in [-0.05, 0) is 55.9 Å². The van der Waals surface area contributed by atoms with Gasteiger partial charge in [-0.3, -0.25) is 19.5 Å². The molecule has 0 bridgehead atoms. The van der Waals surface area contributed by atoms with E-state index in [1.54, 1.807) is 24.3 Å². The molecule has 0 spiro atoms. The molecule has 2 aliphatic rings. The number of rotatable bonds is 4. The van der Waals surface area contributed by atoms with Crippen LogP contribution in [0.4, 0.5) is 13.2 Å². The van der Waals surface area contributed by atoms with Gasteiger partial charge in [-0.15, -0.1) is 0 Å². The van der Waals surface area contributed by atoms with Crippen molar-refractivity contribution in [2.75, 3.05) is 0 Å². The molecule has 2 atom stereocenters. The van der Waals surface area contributed by atoms with E-state index < -0.39 is 11.7 Å². The second-order valence-corrected chi connectivity index (χ2v) is 7.36. The third-order valence-corrected chi connectivity index (χ3v) is 5.69. The van der Waals surface area contributed by atoms with Crippen molar-refractivity contribution in [1.82, 2.24) is 9.88 Å². The molecule has 2 heterocycles. The lowest BCUT2D eigenvalue weighted by Gasteiger charge is -2.28. The summed E-state index contributed by atoms with van der Waals surface area (Å²) in [6, 6.07) is 8.61. The van der Waals surface area contributed by atoms with Gasteiger partial charge in [0.15, 0.2) is 0 Å². The molecule has 1 fully saturated rings. The lowest BCUT2D eigenvalue weighted by atomic mass is 9.95. The van der Waals surface area contributed by atoms with Crippen LogP contribution in [0.25, 0.3) is 0 Å². The molecule has 28 heavy (non-hydrogen) atoms. The second-order valence-electron chi connectivity index (χ2n) is 7.36. The first-order valence-corrected chi connectivity index (χ1v) is 9.35. The maximum atomic E-state index is 12.9. The zero-order chi connectivity index (χ0) is 19.9. The molecule has 1 aliphatic heterocycles. The number of amides is 2. The van der Waals surface area contributed by atoms with E-state index in [-0.39, 0.29) is 23.8 Å². The summed E-state index contributed by atoms with van der Waals surface area (Å²) in [5.74, 6) is -0.469. The monoisotopic (exact) mass is 388 g/mol. The molecule has 1 aliphatic carbocycles. The van der Waals surface area contributed by atoms with Gasteiger partial charge >= 0.3 is 6.18 Å². The minimum absolute atomic E-state index is 0.0681. The fraction of sp³-hybridized carbons (Fsp3) is 0.381. The second kappa shape index (κ2) is 7.04. The van der Waals surface area contributed by atoms with E-state index in [2.05, 4.69) is 4.98 Å². The summed E-state index contributed by atoms with van der Waals surface area (Å²) in [5, 5.41) is 0. The van der Waals surface area contributed by atoms with E-state index in [1.165, 1.54) is 11.1 Å². The number of carbonyl (C=O) groups is 2. The number of carbonyl (C=O) groups excluding carboxylic acids is 2. The van der Waals surface area contributed by atoms with Gasteiger partial charge in [0.05, 0.1) is 16.7 Å². The van der Waals surface area contributed by atoms with Crippen molar-refractivity contribution in [3.8, 4) is 0 Å². The van der Waals surface area contributed by atoms with E-state index in [1.807, 2.05) is 0 Å². The van der Waals surface area contributed by atoms with E-state index in [9.17, 15) is 22.8 Å². The Morgan fingerprint density at radius 3 is 2.36 bits per heavy atom. The van der Waals surface area contributed by atoms with E-state index in [4.69, 9.17) is 0 Å². The molecule has 2 unspecified atom stereocenters. The number of nitrogens with zero attached hydrogens (tertiary/aromatic N) is 2. The molecule has 4 rings (SSSR count). The zero-order valence-corrected chi connectivity index (χ0v) is 15.1. The zero-order valence-electron chi connectivity index (χ0n) is 15.1. The maximum Gasteiger partial charge on any atom is 0.416 e. The average molecular weight is 388 g/mol. The standard InChI is InChI=1S/C21H19F3N2O2/c22-21(23,24)14-10-11-25-15(12-14)9-8-13-4-3-7-18(13)26-19(27)16-5-1-2-6-17(16)20(26)28/h1-2,5-6,10-13,18H,3-4,7-9H2. The van der Waals surface area contributed by atoms with Crippen LogP contribution >= 0.6 is 0 Å². The minimum Gasteiger partial charge on any atom is -0.271 e. The third kappa shape index (κ3) is 3.30. The Labute approximate surface area is 160 Å². The number of fused-ring (bicyclic) bond motifs is 1. The molecule has 4 nitrogen and oxygen atoms in total. The average Bonchev–Trinajstić information content (AvgIpc) is 3.23. The first-order valence-electron chi connectivity index (χ1n) is 9.35. The topological polar surface area (TPSA) is 50.3 Å². The predicted octanol–water partition coefficient (Wildman–Crippen LogP) is 4.50. The van der Waals surface area contributed by atoms with Crippen molar-refractivity contribution in [2.45, 2.75) is 44.3 Å². The van der Waals surface area contributed by atoms with Gasteiger partial charge in [0.2, 0.25) is 0 Å². The molecule has 2 aromatic rings. The first kappa shape index (κ1) is 18.7. The fourth-order valence-corrected chi connectivity index (χ4v) is 4.33. The van der Waals surface area contributed by atoms with Gasteiger partial charge in [0.25, 0.3) is 11.8 Å². The van der Waals surface area contributed by atoms with Crippen molar-refractivity contribution in [1.29, 1.82) is 0 Å². The minimum atomic E-state index is -4.40. The number of benzene rings is 1. The van der Waals surface area contributed by atoms with Crippen molar-refractivity contribution in [3.05, 3.63) is 65.0 Å². The summed E-state index contributed by atoms with van der Waals surface area (Å²) >= 11 is 0. The molecule has 1 saturated carbocycles. The van der Waals surface area contributed by atoms with Crippen molar-refractivity contribution in [3.63, 3.8) is 0 Å². The molecule has 7 heteroatoms. The Hall–Kier alpha value is -2.70. The predicted molar refractivity (Wildman–Crippen MR) is 95.6 cm³/mol. The lowest BCUT2D eigenvalue weighted by molar-refractivity contribution is -0.137. The molecule has 0 saturated heterocycles. The van der Waals surface area contributed by atoms with Crippen LogP contribution in [0, 0.1) is 5.92 Å². The number of hydrogen-bond donors (Lipinski definition) is 0. The molecule has 146 valence electrons. The van der Waals surface area contributed by atoms with Crippen molar-refractivity contribution >= 4 is 11.8 Å². The molecule has 1 aromatic carbocycles. The first-order chi connectivity index (χ1) is 13.4. The van der Waals surface area contributed by atoms with Crippen LogP contribution in [-0.2, 0) is 12.6 Å². The quantitative estimate of drug-likeness (QED) is 0.725. The SMILES string of the molecule is O=C1c2ccccc2C(=O)N1C1CCCC1CCc1cc(C(F)(F)F)ccn1. The number of imide groups is 1. The van der Waals surface area contributed by atoms with Gasteiger partial charge in [-0.1, -0.05) is 18.6 Å². The highest BCUT2D eigenvalue weighted by atomic mass is 19.4. The smallest absolute Gasteiger partial charge is 0.271 e. The Morgan fingerprint density at radius 2 is 1.71 bits per heavy atom. The molecular formula is C21H19F3N2O2. The number of pyridine rings is 1. The highest BCUT2D eigenvalue weighted by Gasteiger charge is 2.44. The van der Waals surface area contributed by atoms with Crippen LogP contribution in [-0.4, -0.2) is 27.7 Å². The molecule has 2 amide bonds. The van der Waals surface area contributed by atoms with Crippen LogP contribution in [0.3, 0.4) is 0 Å². The van der Waals surface area contributed by atoms with E-state index in [0.29, 0.717) is 29.7 Å². The highest BCUT2D eigenvalue weighted by Crippen LogP contribution is 2.37. The Morgan fingerprint density at radius 1 is 1.04 bits per heavy atom. The fourth-order valence-electron chi connectivity index (χ4n) is 4.33. The van der Waals surface area contributed by atoms with Crippen molar-refractivity contribution in [2.24, 2.45) is 5.92 Å². The number of alkyl halides is 3. The summed E-state index contributed by atoms with van der Waals surface area (Å²) in [5.41, 5.74) is 0.527. The Bertz CT molecular complexity index is 891. The van der Waals surface area contributed by atoms with Crippen LogP contribution in [0.2, 0.25) is 0 Å². The van der Waals surface area contributed by atoms with E-state index >= 15 is 0 Å². The Kier molecular flexibility index (Phi) is 4.69. The largest absolute Gasteiger partial charge is 0.416 e. The Balaban J connectivity index is 1.48. The summed E-state index contributed by atoms with van der Waals surface area (Å²) in [4.78, 5) is 30.9. The van der Waals surface area contributed by atoms with Gasteiger partial charge in [-0.2, -0.15) is 13.2 Å². The molecule has 0 radical (unpaired) electrons. The number of hydrogen-bond acceptors (Lipinski definition) is 3. The van der Waals surface area contributed by atoms with Crippen LogP contribution in [0.1, 0.15) is 57.7 Å². The van der Waals surface area contributed by atoms with Crippen LogP contribution in [0.5, 0.6) is 0 Å². The van der Waals surface area contributed by atoms with Crippen LogP contribution in [0.15, 0.2) is 42.6 Å². The molecular weight excluding hydrogens is 369 g/mol. The number of aromatic nitrogens is 1. The number of aryl methyl sites for hydroxylation is 1. The molecule has 0 N–H and O–H groups in total. The van der Waals surface area contributed by atoms with Gasteiger partial charge < -0.3 is 0 Å². The summed E-state index contributed by atoms with van der Waals surface area (Å²) in [6.07, 6.45) is 0.213. The summed E-state index contributed by atoms with van der Waals surface area (Å²) in [6.45, 7) is 0. The number of halogens is 3.